The molecule has 0 spiro atoms. The first kappa shape index (κ1) is 14.1. The normalized spacial score (nSPS) is 12.9. The predicted octanol–water partition coefficient (Wildman–Crippen LogP) is 4.62. The van der Waals surface area contributed by atoms with Gasteiger partial charge in [0.1, 0.15) is 10.1 Å². The van der Waals surface area contributed by atoms with Crippen molar-refractivity contribution >= 4 is 38.9 Å². The van der Waals surface area contributed by atoms with Crippen LogP contribution in [-0.4, -0.2) is 5.16 Å². The summed E-state index contributed by atoms with van der Waals surface area (Å²) in [5, 5.41) is 7.42. The van der Waals surface area contributed by atoms with Gasteiger partial charge < -0.3 is 9.84 Å². The summed E-state index contributed by atoms with van der Waals surface area (Å²) in [5.74, 6) is 0.873. The van der Waals surface area contributed by atoms with E-state index in [2.05, 4.69) is 33.3 Å². The second kappa shape index (κ2) is 5.74. The van der Waals surface area contributed by atoms with E-state index in [1.54, 1.807) is 11.3 Å². The maximum atomic E-state index is 6.01. The maximum Gasteiger partial charge on any atom is 0.138 e. The van der Waals surface area contributed by atoms with Crippen molar-refractivity contribution in [3.63, 3.8) is 0 Å². The van der Waals surface area contributed by atoms with Crippen LogP contribution in [0.1, 0.15) is 34.9 Å². The molecule has 0 fully saturated rings. The number of nitrogens with one attached hydrogen (secondary N) is 1. The first-order valence-corrected chi connectivity index (χ1v) is 7.57. The fraction of sp³-hybridized carbons (Fsp3) is 0.417. The molecule has 18 heavy (non-hydrogen) atoms. The highest BCUT2D eigenvalue weighted by atomic mass is 79.9. The van der Waals surface area contributed by atoms with Crippen LogP contribution in [0, 0.1) is 13.8 Å². The molecule has 2 aromatic rings. The van der Waals surface area contributed by atoms with E-state index in [-0.39, 0.29) is 6.04 Å². The molecule has 0 amide bonds. The minimum absolute atomic E-state index is 0.205. The van der Waals surface area contributed by atoms with Crippen LogP contribution < -0.4 is 5.32 Å². The van der Waals surface area contributed by atoms with E-state index in [4.69, 9.17) is 16.1 Å². The van der Waals surface area contributed by atoms with Crippen molar-refractivity contribution < 1.29 is 4.52 Å². The Morgan fingerprint density at radius 3 is 2.78 bits per heavy atom. The van der Waals surface area contributed by atoms with Crippen molar-refractivity contribution in [3.8, 4) is 0 Å². The lowest BCUT2D eigenvalue weighted by molar-refractivity contribution is 0.390. The highest BCUT2D eigenvalue weighted by Gasteiger charge is 2.16. The molecular formula is C12H14BrClN2OS. The van der Waals surface area contributed by atoms with Crippen molar-refractivity contribution in [1.82, 2.24) is 10.5 Å². The van der Waals surface area contributed by atoms with Gasteiger partial charge in [0.15, 0.2) is 0 Å². The molecule has 6 heteroatoms. The molecule has 0 radical (unpaired) electrons. The fourth-order valence-corrected chi connectivity index (χ4v) is 3.68. The molecule has 0 saturated heterocycles. The molecule has 2 rings (SSSR count). The zero-order valence-electron chi connectivity index (χ0n) is 10.4. The second-order valence-corrected chi connectivity index (χ2v) is 6.77. The number of thiophene rings is 1. The zero-order valence-corrected chi connectivity index (χ0v) is 13.5. The Hall–Kier alpha value is -0.360. The summed E-state index contributed by atoms with van der Waals surface area (Å²) in [6.45, 7) is 6.78. The number of aromatic nitrogens is 1. The van der Waals surface area contributed by atoms with Crippen LogP contribution in [0.25, 0.3) is 0 Å². The van der Waals surface area contributed by atoms with E-state index in [1.165, 1.54) is 4.88 Å². The molecule has 0 bridgehead atoms. The van der Waals surface area contributed by atoms with Crippen molar-refractivity contribution in [2.75, 3.05) is 0 Å². The molecule has 98 valence electrons. The summed E-state index contributed by atoms with van der Waals surface area (Å²) in [6, 6.07) is 2.25. The molecule has 1 unspecified atom stereocenters. The van der Waals surface area contributed by atoms with Gasteiger partial charge in [0.25, 0.3) is 0 Å². The van der Waals surface area contributed by atoms with E-state index >= 15 is 0 Å². The standard InChI is InChI=1S/C12H14BrClN2OS/c1-6(11-7(2)16-17-8(11)3)15-5-9-4-10(13)12(14)18-9/h4,6,15H,5H2,1-3H3. The Balaban J connectivity index is 2.02. The van der Waals surface area contributed by atoms with Gasteiger partial charge in [-0.15, -0.1) is 11.3 Å². The Labute approximate surface area is 124 Å². The maximum absolute atomic E-state index is 6.01. The van der Waals surface area contributed by atoms with Gasteiger partial charge in [0.05, 0.1) is 5.69 Å². The van der Waals surface area contributed by atoms with E-state index in [0.29, 0.717) is 0 Å². The predicted molar refractivity (Wildman–Crippen MR) is 78.3 cm³/mol. The summed E-state index contributed by atoms with van der Waals surface area (Å²) in [4.78, 5) is 1.20. The van der Waals surface area contributed by atoms with Crippen LogP contribution in [-0.2, 0) is 6.54 Å². The average Bonchev–Trinajstić information content (AvgIpc) is 2.80. The third kappa shape index (κ3) is 2.96. The van der Waals surface area contributed by atoms with Crippen LogP contribution in [0.15, 0.2) is 15.1 Å². The molecule has 0 saturated carbocycles. The van der Waals surface area contributed by atoms with Gasteiger partial charge in [-0.05, 0) is 42.8 Å². The molecule has 2 heterocycles. The molecule has 3 nitrogen and oxygen atoms in total. The monoisotopic (exact) mass is 348 g/mol. The highest BCUT2D eigenvalue weighted by Crippen LogP contribution is 2.32. The van der Waals surface area contributed by atoms with Crippen LogP contribution in [0.3, 0.4) is 0 Å². The van der Waals surface area contributed by atoms with E-state index in [9.17, 15) is 0 Å². The smallest absolute Gasteiger partial charge is 0.138 e. The summed E-state index contributed by atoms with van der Waals surface area (Å²) in [7, 11) is 0. The largest absolute Gasteiger partial charge is 0.361 e. The first-order chi connectivity index (χ1) is 8.49. The van der Waals surface area contributed by atoms with E-state index in [1.807, 2.05) is 19.9 Å². The van der Waals surface area contributed by atoms with Crippen LogP contribution in [0.4, 0.5) is 0 Å². The first-order valence-electron chi connectivity index (χ1n) is 5.59. The molecule has 0 aliphatic carbocycles. The summed E-state index contributed by atoms with van der Waals surface area (Å²) < 4.78 is 6.92. The number of nitrogens with zero attached hydrogens (tertiary/aromatic N) is 1. The minimum atomic E-state index is 0.205. The SMILES string of the molecule is Cc1noc(C)c1C(C)NCc1cc(Br)c(Cl)s1. The topological polar surface area (TPSA) is 38.1 Å². The molecule has 0 aromatic carbocycles. The van der Waals surface area contributed by atoms with Gasteiger partial charge in [0, 0.05) is 27.5 Å². The van der Waals surface area contributed by atoms with Gasteiger partial charge in [-0.3, -0.25) is 0 Å². The van der Waals surface area contributed by atoms with Gasteiger partial charge >= 0.3 is 0 Å². The van der Waals surface area contributed by atoms with E-state index in [0.717, 1.165) is 32.4 Å². The van der Waals surface area contributed by atoms with Crippen molar-refractivity contribution in [2.45, 2.75) is 33.4 Å². The molecule has 1 atom stereocenters. The molecular weight excluding hydrogens is 336 g/mol. The molecule has 0 aliphatic rings. The fourth-order valence-electron chi connectivity index (χ4n) is 1.94. The molecule has 1 N–H and O–H groups in total. The average molecular weight is 350 g/mol. The third-order valence-corrected chi connectivity index (χ3v) is 5.27. The number of halogens is 2. The van der Waals surface area contributed by atoms with Gasteiger partial charge in [0.2, 0.25) is 0 Å². The number of aryl methyl sites for hydroxylation is 2. The lowest BCUT2D eigenvalue weighted by Gasteiger charge is -2.12. The number of rotatable bonds is 4. The van der Waals surface area contributed by atoms with Gasteiger partial charge in [-0.2, -0.15) is 0 Å². The minimum Gasteiger partial charge on any atom is -0.361 e. The lowest BCUT2D eigenvalue weighted by atomic mass is 10.1. The summed E-state index contributed by atoms with van der Waals surface area (Å²) in [5.41, 5.74) is 2.08. The number of hydrogen-bond acceptors (Lipinski definition) is 4. The Morgan fingerprint density at radius 2 is 2.28 bits per heavy atom. The Kier molecular flexibility index (Phi) is 4.48. The quantitative estimate of drug-likeness (QED) is 0.875. The van der Waals surface area contributed by atoms with Gasteiger partial charge in [-0.1, -0.05) is 16.8 Å². The molecule has 0 aliphatic heterocycles. The highest BCUT2D eigenvalue weighted by molar-refractivity contribution is 9.10. The lowest BCUT2D eigenvalue weighted by Crippen LogP contribution is -2.18. The van der Waals surface area contributed by atoms with Crippen molar-refractivity contribution in [2.24, 2.45) is 0 Å². The zero-order chi connectivity index (χ0) is 13.3. The van der Waals surface area contributed by atoms with Crippen molar-refractivity contribution in [3.05, 3.63) is 36.8 Å². The Morgan fingerprint density at radius 1 is 1.56 bits per heavy atom. The van der Waals surface area contributed by atoms with Crippen LogP contribution in [0.2, 0.25) is 4.34 Å². The van der Waals surface area contributed by atoms with E-state index < -0.39 is 0 Å². The molecule has 2 aromatic heterocycles. The third-order valence-electron chi connectivity index (χ3n) is 2.80. The second-order valence-electron chi connectivity index (χ2n) is 4.17. The summed E-state index contributed by atoms with van der Waals surface area (Å²) in [6.07, 6.45) is 0. The van der Waals surface area contributed by atoms with Crippen LogP contribution in [0.5, 0.6) is 0 Å². The number of hydrogen-bond donors (Lipinski definition) is 1. The summed E-state index contributed by atoms with van der Waals surface area (Å²) >= 11 is 11.0. The van der Waals surface area contributed by atoms with Crippen LogP contribution >= 0.6 is 38.9 Å². The Bertz CT molecular complexity index is 513. The van der Waals surface area contributed by atoms with Gasteiger partial charge in [-0.25, -0.2) is 0 Å². The van der Waals surface area contributed by atoms with Crippen molar-refractivity contribution in [1.29, 1.82) is 0 Å².